The van der Waals surface area contributed by atoms with E-state index >= 15 is 0 Å². The van der Waals surface area contributed by atoms with Crippen LogP contribution in [0.15, 0.2) is 72.8 Å². The molecule has 3 aromatic carbocycles. The monoisotopic (exact) mass is 432 g/mol. The van der Waals surface area contributed by atoms with Gasteiger partial charge in [0.25, 0.3) is 5.91 Å². The van der Waals surface area contributed by atoms with E-state index in [0.29, 0.717) is 10.7 Å². The summed E-state index contributed by atoms with van der Waals surface area (Å²) >= 11 is 5.91. The SMILES string of the molecule is CCn1c2ccccc2c2cc(NC(=O)COC(=O)/C=C/c3cccc(Cl)c3)ccc21. The van der Waals surface area contributed by atoms with E-state index in [1.54, 1.807) is 24.3 Å². The predicted octanol–water partition coefficient (Wildman–Crippen LogP) is 5.66. The fourth-order valence-corrected chi connectivity index (χ4v) is 3.83. The third-order valence-corrected chi connectivity index (χ3v) is 5.21. The molecule has 0 unspecified atom stereocenters. The van der Waals surface area contributed by atoms with Crippen molar-refractivity contribution in [2.75, 3.05) is 11.9 Å². The Morgan fingerprint density at radius 3 is 2.61 bits per heavy atom. The maximum Gasteiger partial charge on any atom is 0.331 e. The maximum absolute atomic E-state index is 12.3. The third-order valence-electron chi connectivity index (χ3n) is 4.98. The Hall–Kier alpha value is -3.57. The Balaban J connectivity index is 1.41. The second kappa shape index (κ2) is 9.06. The molecule has 1 N–H and O–H groups in total. The number of ether oxygens (including phenoxy) is 1. The van der Waals surface area contributed by atoms with Crippen molar-refractivity contribution in [3.8, 4) is 0 Å². The van der Waals surface area contributed by atoms with Crippen LogP contribution in [0.2, 0.25) is 5.02 Å². The predicted molar refractivity (Wildman–Crippen MR) is 125 cm³/mol. The van der Waals surface area contributed by atoms with Gasteiger partial charge in [0.1, 0.15) is 0 Å². The van der Waals surface area contributed by atoms with Gasteiger partial charge < -0.3 is 14.6 Å². The van der Waals surface area contributed by atoms with Crippen LogP contribution in [0.5, 0.6) is 0 Å². The molecule has 0 spiro atoms. The molecule has 0 aliphatic carbocycles. The van der Waals surface area contributed by atoms with Gasteiger partial charge in [-0.2, -0.15) is 0 Å². The zero-order valence-corrected chi connectivity index (χ0v) is 17.7. The molecule has 0 aliphatic rings. The van der Waals surface area contributed by atoms with Crippen LogP contribution in [-0.2, 0) is 20.9 Å². The van der Waals surface area contributed by atoms with Crippen molar-refractivity contribution in [2.45, 2.75) is 13.5 Å². The van der Waals surface area contributed by atoms with Crippen molar-refractivity contribution < 1.29 is 14.3 Å². The smallest absolute Gasteiger partial charge is 0.331 e. The van der Waals surface area contributed by atoms with Crippen LogP contribution in [0.25, 0.3) is 27.9 Å². The van der Waals surface area contributed by atoms with Gasteiger partial charge in [0.15, 0.2) is 6.61 Å². The van der Waals surface area contributed by atoms with Crippen LogP contribution < -0.4 is 5.32 Å². The van der Waals surface area contributed by atoms with Crippen molar-refractivity contribution in [2.24, 2.45) is 0 Å². The number of aromatic nitrogens is 1. The number of carbonyl (C=O) groups excluding carboxylic acids is 2. The molecule has 31 heavy (non-hydrogen) atoms. The van der Waals surface area contributed by atoms with E-state index in [9.17, 15) is 9.59 Å². The number of benzene rings is 3. The lowest BCUT2D eigenvalue weighted by Crippen LogP contribution is -2.20. The van der Waals surface area contributed by atoms with Crippen LogP contribution in [-0.4, -0.2) is 23.1 Å². The van der Waals surface area contributed by atoms with Gasteiger partial charge >= 0.3 is 5.97 Å². The topological polar surface area (TPSA) is 60.3 Å². The van der Waals surface area contributed by atoms with Gasteiger partial charge in [-0.1, -0.05) is 41.9 Å². The molecule has 0 bridgehead atoms. The number of fused-ring (bicyclic) bond motifs is 3. The van der Waals surface area contributed by atoms with E-state index < -0.39 is 11.9 Å². The van der Waals surface area contributed by atoms with Crippen LogP contribution in [0.1, 0.15) is 12.5 Å². The molecule has 0 saturated carbocycles. The van der Waals surface area contributed by atoms with Crippen LogP contribution in [0, 0.1) is 0 Å². The zero-order valence-electron chi connectivity index (χ0n) is 17.0. The number of nitrogens with one attached hydrogen (secondary N) is 1. The van der Waals surface area contributed by atoms with Crippen LogP contribution in [0.4, 0.5) is 5.69 Å². The number of anilines is 1. The highest BCUT2D eigenvalue weighted by Crippen LogP contribution is 2.30. The lowest BCUT2D eigenvalue weighted by molar-refractivity contribution is -0.142. The van der Waals surface area contributed by atoms with Crippen molar-refractivity contribution in [1.29, 1.82) is 0 Å². The van der Waals surface area contributed by atoms with Crippen molar-refractivity contribution in [1.82, 2.24) is 4.57 Å². The Labute approximate surface area is 184 Å². The second-order valence-corrected chi connectivity index (χ2v) is 7.47. The number of nitrogens with zero attached hydrogens (tertiary/aromatic N) is 1. The first kappa shape index (κ1) is 20.7. The number of para-hydroxylation sites is 1. The van der Waals surface area contributed by atoms with E-state index in [1.165, 1.54) is 6.08 Å². The number of halogens is 1. The highest BCUT2D eigenvalue weighted by molar-refractivity contribution is 6.30. The van der Waals surface area contributed by atoms with Gasteiger partial charge in [-0.25, -0.2) is 4.79 Å². The first-order chi connectivity index (χ1) is 15.0. The zero-order chi connectivity index (χ0) is 21.8. The quantitative estimate of drug-likeness (QED) is 0.316. The molecule has 156 valence electrons. The van der Waals surface area contributed by atoms with Gasteiger partial charge in [-0.05, 0) is 55.0 Å². The summed E-state index contributed by atoms with van der Waals surface area (Å²) in [7, 11) is 0. The normalized spacial score (nSPS) is 11.3. The Morgan fingerprint density at radius 1 is 1.00 bits per heavy atom. The molecule has 1 aromatic heterocycles. The summed E-state index contributed by atoms with van der Waals surface area (Å²) in [6, 6.07) is 21.1. The number of carbonyl (C=O) groups is 2. The fourth-order valence-electron chi connectivity index (χ4n) is 3.63. The molecular formula is C25H21ClN2O3. The molecule has 6 heteroatoms. The number of amides is 1. The number of aryl methyl sites for hydroxylation is 1. The lowest BCUT2D eigenvalue weighted by Gasteiger charge is -2.07. The highest BCUT2D eigenvalue weighted by atomic mass is 35.5. The van der Waals surface area contributed by atoms with Crippen molar-refractivity contribution >= 4 is 57.0 Å². The minimum atomic E-state index is -0.600. The summed E-state index contributed by atoms with van der Waals surface area (Å²) in [5, 5.41) is 5.57. The number of esters is 1. The van der Waals surface area contributed by atoms with E-state index in [4.69, 9.17) is 16.3 Å². The standard InChI is InChI=1S/C25H21ClN2O3/c1-2-28-22-9-4-3-8-20(22)21-15-19(11-12-23(21)28)27-24(29)16-31-25(30)13-10-17-6-5-7-18(26)14-17/h3-15H,2,16H2,1H3,(H,27,29)/b13-10+. The van der Waals surface area contributed by atoms with Crippen LogP contribution >= 0.6 is 11.6 Å². The fraction of sp³-hybridized carbons (Fsp3) is 0.120. The van der Waals surface area contributed by atoms with E-state index in [-0.39, 0.29) is 6.61 Å². The third kappa shape index (κ3) is 4.62. The molecule has 0 atom stereocenters. The average Bonchev–Trinajstić information content (AvgIpc) is 3.09. The highest BCUT2D eigenvalue weighted by Gasteiger charge is 2.11. The van der Waals surface area contributed by atoms with Crippen LogP contribution in [0.3, 0.4) is 0 Å². The van der Waals surface area contributed by atoms with Crippen molar-refractivity contribution in [3.05, 3.63) is 83.4 Å². The summed E-state index contributed by atoms with van der Waals surface area (Å²) in [6.45, 7) is 2.60. The number of hydrogen-bond donors (Lipinski definition) is 1. The summed E-state index contributed by atoms with van der Waals surface area (Å²) in [6.07, 6.45) is 2.86. The summed E-state index contributed by atoms with van der Waals surface area (Å²) in [5.41, 5.74) is 3.69. The molecular weight excluding hydrogens is 412 g/mol. The maximum atomic E-state index is 12.3. The minimum Gasteiger partial charge on any atom is -0.452 e. The molecule has 5 nitrogen and oxygen atoms in total. The number of rotatable bonds is 6. The van der Waals surface area contributed by atoms with Crippen molar-refractivity contribution in [3.63, 3.8) is 0 Å². The lowest BCUT2D eigenvalue weighted by atomic mass is 10.1. The Kier molecular flexibility index (Phi) is 6.05. The summed E-state index contributed by atoms with van der Waals surface area (Å²) in [5.74, 6) is -1.00. The van der Waals surface area contributed by atoms with E-state index in [0.717, 1.165) is 33.9 Å². The van der Waals surface area contributed by atoms with E-state index in [2.05, 4.69) is 28.9 Å². The molecule has 1 amide bonds. The van der Waals surface area contributed by atoms with Gasteiger partial charge in [0.2, 0.25) is 0 Å². The molecule has 4 aromatic rings. The molecule has 0 fully saturated rings. The molecule has 4 rings (SSSR count). The molecule has 0 radical (unpaired) electrons. The molecule has 0 saturated heterocycles. The molecule has 0 aliphatic heterocycles. The first-order valence-electron chi connectivity index (χ1n) is 9.96. The van der Waals surface area contributed by atoms with Gasteiger partial charge in [-0.15, -0.1) is 0 Å². The minimum absolute atomic E-state index is 0.368. The summed E-state index contributed by atoms with van der Waals surface area (Å²) in [4.78, 5) is 24.2. The molecule has 1 heterocycles. The largest absolute Gasteiger partial charge is 0.452 e. The van der Waals surface area contributed by atoms with Gasteiger partial charge in [0, 0.05) is 45.1 Å². The van der Waals surface area contributed by atoms with Gasteiger partial charge in [0.05, 0.1) is 0 Å². The second-order valence-electron chi connectivity index (χ2n) is 7.04. The summed E-state index contributed by atoms with van der Waals surface area (Å²) < 4.78 is 7.27. The average molecular weight is 433 g/mol. The Morgan fingerprint density at radius 2 is 1.81 bits per heavy atom. The first-order valence-corrected chi connectivity index (χ1v) is 10.3. The van der Waals surface area contributed by atoms with Gasteiger partial charge in [-0.3, -0.25) is 4.79 Å². The Bertz CT molecular complexity index is 1310. The number of hydrogen-bond acceptors (Lipinski definition) is 3. The van der Waals surface area contributed by atoms with E-state index in [1.807, 2.05) is 36.4 Å².